The lowest BCUT2D eigenvalue weighted by Crippen LogP contribution is -2.10. The standard InChI is InChI=1S/C9H11F3N6/c10-9(11,12)3-1-2-4-14-7-5-13-6-8-15-16-17-18(7)8/h5-6,14H,1-4H2. The smallest absolute Gasteiger partial charge is 0.369 e. The summed E-state index contributed by atoms with van der Waals surface area (Å²) in [5.41, 5.74) is 0.482. The molecule has 98 valence electrons. The van der Waals surface area contributed by atoms with Gasteiger partial charge < -0.3 is 5.32 Å². The number of anilines is 1. The van der Waals surface area contributed by atoms with Crippen LogP contribution >= 0.6 is 0 Å². The third kappa shape index (κ3) is 3.28. The summed E-state index contributed by atoms with van der Waals surface area (Å²) in [7, 11) is 0. The second-order valence-corrected chi connectivity index (χ2v) is 3.74. The summed E-state index contributed by atoms with van der Waals surface area (Å²) < 4.78 is 37.2. The first-order chi connectivity index (χ1) is 8.56. The van der Waals surface area contributed by atoms with Crippen LogP contribution in [0.25, 0.3) is 5.65 Å². The molecule has 0 saturated carbocycles. The minimum atomic E-state index is -4.09. The van der Waals surface area contributed by atoms with E-state index in [1.165, 1.54) is 16.9 Å². The number of halogens is 3. The summed E-state index contributed by atoms with van der Waals surface area (Å²) in [6.45, 7) is 0.413. The SMILES string of the molecule is FC(F)(F)CCCCNc1cncc2nnnn12. The van der Waals surface area contributed by atoms with E-state index in [9.17, 15) is 13.2 Å². The Hall–Kier alpha value is -1.93. The predicted molar refractivity (Wildman–Crippen MR) is 57.0 cm³/mol. The number of unbranched alkanes of at least 4 members (excludes halogenated alkanes) is 1. The molecule has 0 aliphatic heterocycles. The van der Waals surface area contributed by atoms with Crippen LogP contribution in [-0.4, -0.2) is 37.7 Å². The maximum absolute atomic E-state index is 11.9. The molecule has 0 atom stereocenters. The van der Waals surface area contributed by atoms with Crippen LogP contribution in [0.5, 0.6) is 0 Å². The average molecular weight is 260 g/mol. The van der Waals surface area contributed by atoms with E-state index in [1.807, 2.05) is 0 Å². The fourth-order valence-electron chi connectivity index (χ4n) is 1.46. The molecule has 0 saturated heterocycles. The fourth-order valence-corrected chi connectivity index (χ4v) is 1.46. The molecule has 2 heterocycles. The molecule has 6 nitrogen and oxygen atoms in total. The number of hydrogen-bond donors (Lipinski definition) is 1. The Labute approximate surface area is 100 Å². The third-order valence-electron chi connectivity index (χ3n) is 2.30. The van der Waals surface area contributed by atoms with Gasteiger partial charge in [-0.15, -0.1) is 5.10 Å². The van der Waals surface area contributed by atoms with Crippen molar-refractivity contribution in [2.75, 3.05) is 11.9 Å². The minimum Gasteiger partial charge on any atom is -0.369 e. The molecule has 9 heteroatoms. The zero-order chi connectivity index (χ0) is 13.0. The van der Waals surface area contributed by atoms with Crippen molar-refractivity contribution in [3.63, 3.8) is 0 Å². The van der Waals surface area contributed by atoms with Crippen LogP contribution in [0.4, 0.5) is 19.0 Å². The van der Waals surface area contributed by atoms with Crippen molar-refractivity contribution in [1.29, 1.82) is 0 Å². The van der Waals surface area contributed by atoms with Crippen LogP contribution in [0.1, 0.15) is 19.3 Å². The highest BCUT2D eigenvalue weighted by molar-refractivity contribution is 5.43. The summed E-state index contributed by atoms with van der Waals surface area (Å²) in [4.78, 5) is 3.92. The average Bonchev–Trinajstić information content (AvgIpc) is 2.75. The number of nitrogens with zero attached hydrogens (tertiary/aromatic N) is 5. The van der Waals surface area contributed by atoms with Crippen LogP contribution in [0, 0.1) is 0 Å². The number of tetrazole rings is 1. The molecule has 0 aromatic carbocycles. The number of rotatable bonds is 5. The van der Waals surface area contributed by atoms with E-state index >= 15 is 0 Å². The largest absolute Gasteiger partial charge is 0.389 e. The van der Waals surface area contributed by atoms with Gasteiger partial charge >= 0.3 is 6.18 Å². The van der Waals surface area contributed by atoms with Crippen molar-refractivity contribution < 1.29 is 13.2 Å². The van der Waals surface area contributed by atoms with Crippen molar-refractivity contribution in [2.45, 2.75) is 25.4 Å². The lowest BCUT2D eigenvalue weighted by molar-refractivity contribution is -0.135. The number of hydrogen-bond acceptors (Lipinski definition) is 5. The van der Waals surface area contributed by atoms with Gasteiger partial charge in [0.15, 0.2) is 5.65 Å². The van der Waals surface area contributed by atoms with Crippen molar-refractivity contribution in [2.24, 2.45) is 0 Å². The van der Waals surface area contributed by atoms with E-state index in [0.29, 0.717) is 24.4 Å². The Kier molecular flexibility index (Phi) is 3.58. The lowest BCUT2D eigenvalue weighted by Gasteiger charge is -2.08. The number of aromatic nitrogens is 5. The van der Waals surface area contributed by atoms with E-state index in [4.69, 9.17) is 0 Å². The van der Waals surface area contributed by atoms with Gasteiger partial charge in [0.25, 0.3) is 0 Å². The van der Waals surface area contributed by atoms with Gasteiger partial charge in [0.05, 0.1) is 12.4 Å². The van der Waals surface area contributed by atoms with Gasteiger partial charge in [-0.05, 0) is 23.3 Å². The van der Waals surface area contributed by atoms with E-state index in [0.717, 1.165) is 0 Å². The van der Waals surface area contributed by atoms with Crippen LogP contribution in [0.3, 0.4) is 0 Å². The van der Waals surface area contributed by atoms with Crippen LogP contribution in [-0.2, 0) is 0 Å². The van der Waals surface area contributed by atoms with Crippen LogP contribution in [0.15, 0.2) is 12.4 Å². The second-order valence-electron chi connectivity index (χ2n) is 3.74. The Balaban J connectivity index is 1.82. The molecule has 0 unspecified atom stereocenters. The van der Waals surface area contributed by atoms with Crippen molar-refractivity contribution in [3.05, 3.63) is 12.4 Å². The maximum Gasteiger partial charge on any atom is 0.389 e. The van der Waals surface area contributed by atoms with Gasteiger partial charge in [-0.3, -0.25) is 4.98 Å². The first-order valence-electron chi connectivity index (χ1n) is 5.39. The quantitative estimate of drug-likeness (QED) is 0.828. The summed E-state index contributed by atoms with van der Waals surface area (Å²) in [6.07, 6.45) is -1.32. The van der Waals surface area contributed by atoms with Gasteiger partial charge in [-0.25, -0.2) is 0 Å². The maximum atomic E-state index is 11.9. The number of nitrogens with one attached hydrogen (secondary N) is 1. The lowest BCUT2D eigenvalue weighted by atomic mass is 10.2. The monoisotopic (exact) mass is 260 g/mol. The highest BCUT2D eigenvalue weighted by atomic mass is 19.4. The van der Waals surface area contributed by atoms with Gasteiger partial charge in [-0.1, -0.05) is 0 Å². The summed E-state index contributed by atoms with van der Waals surface area (Å²) in [5.74, 6) is 0.560. The molecule has 0 spiro atoms. The van der Waals surface area contributed by atoms with E-state index in [2.05, 4.69) is 25.8 Å². The Morgan fingerprint density at radius 3 is 2.83 bits per heavy atom. The molecule has 0 bridgehead atoms. The van der Waals surface area contributed by atoms with Crippen molar-refractivity contribution in [1.82, 2.24) is 25.0 Å². The van der Waals surface area contributed by atoms with Crippen LogP contribution in [0.2, 0.25) is 0 Å². The molecule has 2 rings (SSSR count). The molecule has 0 fully saturated rings. The molecule has 0 radical (unpaired) electrons. The first-order valence-corrected chi connectivity index (χ1v) is 5.39. The highest BCUT2D eigenvalue weighted by Gasteiger charge is 2.25. The van der Waals surface area contributed by atoms with Gasteiger partial charge in [0.1, 0.15) is 5.82 Å². The van der Waals surface area contributed by atoms with Gasteiger partial charge in [0.2, 0.25) is 0 Å². The first kappa shape index (κ1) is 12.5. The van der Waals surface area contributed by atoms with Crippen molar-refractivity contribution >= 4 is 11.5 Å². The Morgan fingerprint density at radius 1 is 1.22 bits per heavy atom. The summed E-state index contributed by atoms with van der Waals surface area (Å²) in [6, 6.07) is 0. The zero-order valence-corrected chi connectivity index (χ0v) is 9.35. The van der Waals surface area contributed by atoms with E-state index in [-0.39, 0.29) is 6.42 Å². The van der Waals surface area contributed by atoms with E-state index < -0.39 is 12.6 Å². The molecular formula is C9H11F3N6. The normalized spacial score (nSPS) is 11.9. The van der Waals surface area contributed by atoms with Gasteiger partial charge in [0, 0.05) is 13.0 Å². The molecule has 1 N–H and O–H groups in total. The highest BCUT2D eigenvalue weighted by Crippen LogP contribution is 2.22. The predicted octanol–water partition coefficient (Wildman–Crippen LogP) is 1.66. The number of fused-ring (bicyclic) bond motifs is 1. The third-order valence-corrected chi connectivity index (χ3v) is 2.30. The molecule has 0 aliphatic carbocycles. The molecule has 2 aromatic heterocycles. The second kappa shape index (κ2) is 5.15. The van der Waals surface area contributed by atoms with Gasteiger partial charge in [-0.2, -0.15) is 17.7 Å². The molecule has 2 aromatic rings. The molecule has 0 aliphatic rings. The topological polar surface area (TPSA) is 68.0 Å². The summed E-state index contributed by atoms with van der Waals surface area (Å²) >= 11 is 0. The fraction of sp³-hybridized carbons (Fsp3) is 0.556. The Bertz CT molecular complexity index is 508. The van der Waals surface area contributed by atoms with E-state index in [1.54, 1.807) is 0 Å². The minimum absolute atomic E-state index is 0.0928. The Morgan fingerprint density at radius 2 is 2.06 bits per heavy atom. The molecule has 18 heavy (non-hydrogen) atoms. The number of alkyl halides is 3. The summed E-state index contributed by atoms with van der Waals surface area (Å²) in [5, 5.41) is 13.9. The van der Waals surface area contributed by atoms with Crippen molar-refractivity contribution in [3.8, 4) is 0 Å². The zero-order valence-electron chi connectivity index (χ0n) is 9.35. The van der Waals surface area contributed by atoms with Crippen LogP contribution < -0.4 is 5.32 Å². The molecular weight excluding hydrogens is 249 g/mol. The molecule has 0 amide bonds.